The summed E-state index contributed by atoms with van der Waals surface area (Å²) in [5, 5.41) is 0. The molecular formula is C90H173O3. The van der Waals surface area contributed by atoms with Crippen LogP contribution in [-0.2, 0) is 0 Å². The fourth-order valence-electron chi connectivity index (χ4n) is 14.6. The van der Waals surface area contributed by atoms with Gasteiger partial charge >= 0.3 is 0 Å². The lowest BCUT2D eigenvalue weighted by Gasteiger charge is -2.17. The zero-order valence-corrected chi connectivity index (χ0v) is 64.7. The van der Waals surface area contributed by atoms with Crippen molar-refractivity contribution in [1.29, 1.82) is 0 Å². The van der Waals surface area contributed by atoms with Crippen LogP contribution in [0.5, 0.6) is 17.2 Å². The molecule has 0 aliphatic heterocycles. The fourth-order valence-corrected chi connectivity index (χ4v) is 14.6. The maximum atomic E-state index is 6.58. The highest BCUT2D eigenvalue weighted by atomic mass is 16.5. The number of hydrogen-bond donors (Lipinski definition) is 0. The van der Waals surface area contributed by atoms with Crippen LogP contribution in [0.2, 0.25) is 0 Å². The van der Waals surface area contributed by atoms with Gasteiger partial charge in [-0.05, 0) is 37.5 Å². The van der Waals surface area contributed by atoms with Crippen molar-refractivity contribution < 1.29 is 14.2 Å². The zero-order valence-electron chi connectivity index (χ0n) is 64.7. The Labute approximate surface area is 587 Å². The van der Waals surface area contributed by atoms with E-state index in [0.29, 0.717) is 0 Å². The third kappa shape index (κ3) is 71.7. The van der Waals surface area contributed by atoms with Crippen LogP contribution >= 0.6 is 0 Å². The molecule has 0 spiro atoms. The van der Waals surface area contributed by atoms with E-state index >= 15 is 0 Å². The van der Waals surface area contributed by atoms with Crippen LogP contribution in [0.1, 0.15) is 522 Å². The summed E-state index contributed by atoms with van der Waals surface area (Å²) in [5.41, 5.74) is 0. The smallest absolute Gasteiger partial charge is 0.203 e. The second-order valence-corrected chi connectivity index (χ2v) is 30.6. The van der Waals surface area contributed by atoms with Crippen molar-refractivity contribution in [3.05, 3.63) is 18.2 Å². The second-order valence-electron chi connectivity index (χ2n) is 30.6. The molecule has 0 saturated carbocycles. The summed E-state index contributed by atoms with van der Waals surface area (Å²) in [7, 11) is 0. The molecule has 551 valence electrons. The van der Waals surface area contributed by atoms with E-state index in [1.165, 1.54) is 482 Å². The van der Waals surface area contributed by atoms with E-state index in [2.05, 4.69) is 26.8 Å². The van der Waals surface area contributed by atoms with Gasteiger partial charge in [-0.3, -0.25) is 0 Å². The first kappa shape index (κ1) is 89.6. The number of benzene rings is 1. The van der Waals surface area contributed by atoms with Gasteiger partial charge in [0.25, 0.3) is 0 Å². The molecule has 0 atom stereocenters. The predicted molar refractivity (Wildman–Crippen MR) is 419 cm³/mol. The molecule has 0 N–H and O–H groups in total. The fraction of sp³-hybridized carbons (Fsp3) is 0.933. The molecule has 1 rings (SSSR count). The minimum Gasteiger partial charge on any atom is -0.490 e. The average Bonchev–Trinajstić information content (AvgIpc) is 3.10. The largest absolute Gasteiger partial charge is 0.490 e. The zero-order chi connectivity index (χ0) is 66.3. The molecule has 3 nitrogen and oxygen atoms in total. The van der Waals surface area contributed by atoms with Gasteiger partial charge in [0.1, 0.15) is 0 Å². The van der Waals surface area contributed by atoms with Crippen molar-refractivity contribution >= 4 is 0 Å². The highest BCUT2D eigenvalue weighted by Crippen LogP contribution is 2.38. The van der Waals surface area contributed by atoms with Crippen molar-refractivity contribution in [3.63, 3.8) is 0 Å². The molecular weight excluding hydrogens is 1130 g/mol. The van der Waals surface area contributed by atoms with Gasteiger partial charge < -0.3 is 14.2 Å². The average molecular weight is 1300 g/mol. The Morgan fingerprint density at radius 2 is 0.280 bits per heavy atom. The van der Waals surface area contributed by atoms with Gasteiger partial charge in [0, 0.05) is 0 Å². The molecule has 0 aromatic heterocycles. The Morgan fingerprint density at radius 3 is 0.419 bits per heavy atom. The van der Waals surface area contributed by atoms with Crippen LogP contribution < -0.4 is 14.2 Å². The first-order valence-electron chi connectivity index (χ1n) is 44.3. The predicted octanol–water partition coefficient (Wildman–Crippen LogP) is 33.1. The first-order valence-corrected chi connectivity index (χ1v) is 44.3. The molecule has 1 aromatic carbocycles. The van der Waals surface area contributed by atoms with E-state index in [4.69, 9.17) is 14.2 Å². The SMILES string of the molecule is CCCCCCCCCCCCCCCCCCCCCCCCCCCCOc1c[c]cc(OCCCCCCCCCCCCCCCCCCCCCCCCCCCC)c1OCCCCCCCCCCCCCCCCCCCCCCCCCCCC. The van der Waals surface area contributed by atoms with E-state index in [1.807, 2.05) is 12.1 Å². The minimum absolute atomic E-state index is 0.731. The van der Waals surface area contributed by atoms with Gasteiger partial charge in [0.05, 0.1) is 19.8 Å². The molecule has 1 radical (unpaired) electrons. The topological polar surface area (TPSA) is 27.7 Å². The highest BCUT2D eigenvalue weighted by Gasteiger charge is 2.14. The van der Waals surface area contributed by atoms with Crippen LogP contribution in [0.15, 0.2) is 12.1 Å². The molecule has 0 bridgehead atoms. The number of hydrogen-bond acceptors (Lipinski definition) is 3. The lowest BCUT2D eigenvalue weighted by molar-refractivity contribution is 0.234. The standard InChI is InChI=1S/C90H173O3/c1-4-7-10-13-16-19-22-25-28-31-34-37-40-43-46-49-52-55-58-61-64-67-70-73-76-79-85-91-88-83-82-84-89(92-86-80-77-74-71-68-65-62-59-56-53-50-47-44-41-38-35-32-29-26-23-20-17-14-11-8-5-2)90(88)93-87-81-78-75-72-69-66-63-60-57-54-51-48-45-42-39-36-33-30-27-24-21-18-15-12-9-6-3/h83-84H,4-81,85-87H2,1-3H3. The Balaban J connectivity index is 2.21. The van der Waals surface area contributed by atoms with Gasteiger partial charge in [0.15, 0.2) is 11.5 Å². The quantitative estimate of drug-likeness (QED) is 0.0609. The molecule has 0 aliphatic carbocycles. The molecule has 1 aromatic rings. The van der Waals surface area contributed by atoms with Crippen LogP contribution in [0.3, 0.4) is 0 Å². The lowest BCUT2D eigenvalue weighted by atomic mass is 10.0. The number of ether oxygens (including phenoxy) is 3. The second kappa shape index (κ2) is 81.3. The van der Waals surface area contributed by atoms with Crippen molar-refractivity contribution in [1.82, 2.24) is 0 Å². The summed E-state index contributed by atoms with van der Waals surface area (Å²) in [6.45, 7) is 9.16. The van der Waals surface area contributed by atoms with E-state index in [1.54, 1.807) is 0 Å². The maximum absolute atomic E-state index is 6.58. The van der Waals surface area contributed by atoms with Crippen molar-refractivity contribution in [3.8, 4) is 17.2 Å². The van der Waals surface area contributed by atoms with E-state index < -0.39 is 0 Å². The van der Waals surface area contributed by atoms with Crippen molar-refractivity contribution in [2.24, 2.45) is 0 Å². The maximum Gasteiger partial charge on any atom is 0.203 e. The Kier molecular flexibility index (Phi) is 78.4. The van der Waals surface area contributed by atoms with E-state index in [0.717, 1.165) is 56.3 Å². The summed E-state index contributed by atoms with van der Waals surface area (Å²) < 4.78 is 19.5. The third-order valence-electron chi connectivity index (χ3n) is 21.1. The van der Waals surface area contributed by atoms with Gasteiger partial charge in [-0.25, -0.2) is 0 Å². The number of rotatable bonds is 84. The molecule has 0 heterocycles. The molecule has 0 amide bonds. The molecule has 0 fully saturated rings. The van der Waals surface area contributed by atoms with Gasteiger partial charge in [-0.1, -0.05) is 502 Å². The van der Waals surface area contributed by atoms with Crippen LogP contribution in [-0.4, -0.2) is 19.8 Å². The van der Waals surface area contributed by atoms with Crippen LogP contribution in [0.25, 0.3) is 0 Å². The summed E-state index contributed by atoms with van der Waals surface area (Å²) in [6.07, 6.45) is 111. The molecule has 0 aliphatic rings. The van der Waals surface area contributed by atoms with Crippen molar-refractivity contribution in [2.75, 3.05) is 19.8 Å². The Bertz CT molecular complexity index is 1400. The van der Waals surface area contributed by atoms with Gasteiger partial charge in [-0.15, -0.1) is 0 Å². The van der Waals surface area contributed by atoms with Gasteiger partial charge in [-0.2, -0.15) is 0 Å². The lowest BCUT2D eigenvalue weighted by Crippen LogP contribution is -2.06. The van der Waals surface area contributed by atoms with E-state index in [-0.39, 0.29) is 0 Å². The Hall–Kier alpha value is -1.38. The van der Waals surface area contributed by atoms with E-state index in [9.17, 15) is 0 Å². The van der Waals surface area contributed by atoms with Crippen LogP contribution in [0, 0.1) is 6.07 Å². The number of unbranched alkanes of at least 4 members (excludes halogenated alkanes) is 75. The molecule has 3 heteroatoms. The molecule has 0 saturated heterocycles. The minimum atomic E-state index is 0.731. The summed E-state index contributed by atoms with van der Waals surface area (Å²) in [5.74, 6) is 2.47. The molecule has 0 unspecified atom stereocenters. The normalized spacial score (nSPS) is 11.6. The van der Waals surface area contributed by atoms with Crippen molar-refractivity contribution in [2.45, 2.75) is 522 Å². The van der Waals surface area contributed by atoms with Gasteiger partial charge in [0.2, 0.25) is 5.75 Å². The highest BCUT2D eigenvalue weighted by molar-refractivity contribution is 5.50. The van der Waals surface area contributed by atoms with Crippen LogP contribution in [0.4, 0.5) is 0 Å². The summed E-state index contributed by atoms with van der Waals surface area (Å²) in [6, 6.07) is 7.34. The first-order chi connectivity index (χ1) is 46.3. The Morgan fingerprint density at radius 1 is 0.161 bits per heavy atom. The summed E-state index contributed by atoms with van der Waals surface area (Å²) in [4.78, 5) is 0. The molecule has 93 heavy (non-hydrogen) atoms. The summed E-state index contributed by atoms with van der Waals surface area (Å²) >= 11 is 0. The third-order valence-corrected chi connectivity index (χ3v) is 21.1. The monoisotopic (exact) mass is 1300 g/mol.